The quantitative estimate of drug-likeness (QED) is 0.471. The normalized spacial score (nSPS) is 12.3. The molecule has 1 rings (SSSR count). The van der Waals surface area contributed by atoms with Crippen molar-refractivity contribution in [3.05, 3.63) is 35.4 Å². The number of carbonyl (C=O) groups is 2. The summed E-state index contributed by atoms with van der Waals surface area (Å²) in [6.45, 7) is 4.15. The summed E-state index contributed by atoms with van der Waals surface area (Å²) >= 11 is 5.91. The molecule has 0 aliphatic carbocycles. The summed E-state index contributed by atoms with van der Waals surface area (Å²) in [6, 6.07) is 7.32. The van der Waals surface area contributed by atoms with Crippen molar-refractivity contribution in [2.75, 3.05) is 7.11 Å². The molecule has 0 amide bonds. The Kier molecular flexibility index (Phi) is 4.70. The second-order valence-electron chi connectivity index (χ2n) is 4.04. The summed E-state index contributed by atoms with van der Waals surface area (Å²) in [7, 11) is 1.16. The van der Waals surface area contributed by atoms with Crippen molar-refractivity contribution in [2.24, 2.45) is 0 Å². The first-order valence-electron chi connectivity index (χ1n) is 5.33. The van der Waals surface area contributed by atoms with E-state index >= 15 is 0 Å². The van der Waals surface area contributed by atoms with Gasteiger partial charge in [-0.05, 0) is 17.0 Å². The number of Topliss-reactive ketones (excluding diaryl/α,β-unsaturated/α-hetero) is 1. The molecule has 0 fully saturated rings. The molecule has 4 heteroatoms. The first-order valence-corrected chi connectivity index (χ1v) is 5.77. The molecule has 0 bridgehead atoms. The van der Waals surface area contributed by atoms with E-state index in [9.17, 15) is 9.59 Å². The number of methoxy groups -OCH3 is 1. The maximum absolute atomic E-state index is 11.5. The molecule has 17 heavy (non-hydrogen) atoms. The number of esters is 1. The zero-order valence-corrected chi connectivity index (χ0v) is 10.8. The van der Waals surface area contributed by atoms with E-state index in [-0.39, 0.29) is 0 Å². The van der Waals surface area contributed by atoms with Gasteiger partial charge in [-0.1, -0.05) is 38.1 Å². The highest BCUT2D eigenvalue weighted by Gasteiger charge is 2.25. The zero-order valence-electron chi connectivity index (χ0n) is 10.1. The third-order valence-corrected chi connectivity index (χ3v) is 2.96. The lowest BCUT2D eigenvalue weighted by Gasteiger charge is -2.10. The van der Waals surface area contributed by atoms with Crippen molar-refractivity contribution >= 4 is 23.4 Å². The maximum Gasteiger partial charge on any atom is 0.376 e. The fourth-order valence-electron chi connectivity index (χ4n) is 1.41. The number of hydrogen-bond donors (Lipinski definition) is 0. The fraction of sp³-hybridized carbons (Fsp3) is 0.385. The third-order valence-electron chi connectivity index (χ3n) is 2.51. The van der Waals surface area contributed by atoms with Crippen LogP contribution in [0.4, 0.5) is 0 Å². The van der Waals surface area contributed by atoms with Gasteiger partial charge in [0.25, 0.3) is 5.78 Å². The first kappa shape index (κ1) is 13.7. The summed E-state index contributed by atoms with van der Waals surface area (Å²) in [5.74, 6) is -1.25. The highest BCUT2D eigenvalue weighted by Crippen LogP contribution is 2.24. The standard InChI is InChI=1S/C13H15ClO3/c1-8(2)9-4-6-10(7-5-9)11(14)12(15)13(16)17-3/h4-8,11H,1-3H3. The van der Waals surface area contributed by atoms with Crippen molar-refractivity contribution in [1.29, 1.82) is 0 Å². The lowest BCUT2D eigenvalue weighted by molar-refractivity contribution is -0.151. The first-order chi connectivity index (χ1) is 7.97. The van der Waals surface area contributed by atoms with Gasteiger partial charge in [0.1, 0.15) is 5.38 Å². The van der Waals surface area contributed by atoms with Crippen LogP contribution in [0.15, 0.2) is 24.3 Å². The summed E-state index contributed by atoms with van der Waals surface area (Å²) in [5.41, 5.74) is 1.76. The maximum atomic E-state index is 11.5. The van der Waals surface area contributed by atoms with Crippen LogP contribution in [0.25, 0.3) is 0 Å². The Morgan fingerprint density at radius 2 is 1.59 bits per heavy atom. The van der Waals surface area contributed by atoms with Gasteiger partial charge in [0.2, 0.25) is 0 Å². The van der Waals surface area contributed by atoms with Crippen LogP contribution < -0.4 is 0 Å². The van der Waals surface area contributed by atoms with E-state index in [1.807, 2.05) is 12.1 Å². The second kappa shape index (κ2) is 5.82. The molecule has 1 aromatic rings. The number of halogens is 1. The van der Waals surface area contributed by atoms with Gasteiger partial charge in [0.05, 0.1) is 7.11 Å². The minimum Gasteiger partial charge on any atom is -0.463 e. The van der Waals surface area contributed by atoms with Gasteiger partial charge in [-0.15, -0.1) is 11.6 Å². The SMILES string of the molecule is COC(=O)C(=O)C(Cl)c1ccc(C(C)C)cc1. The van der Waals surface area contributed by atoms with E-state index in [1.54, 1.807) is 12.1 Å². The minimum absolute atomic E-state index is 0.411. The molecular formula is C13H15ClO3. The van der Waals surface area contributed by atoms with Crippen LogP contribution >= 0.6 is 11.6 Å². The van der Waals surface area contributed by atoms with Crippen LogP contribution in [-0.4, -0.2) is 18.9 Å². The largest absolute Gasteiger partial charge is 0.463 e. The van der Waals surface area contributed by atoms with E-state index < -0.39 is 17.1 Å². The van der Waals surface area contributed by atoms with Crippen molar-refractivity contribution in [3.63, 3.8) is 0 Å². The van der Waals surface area contributed by atoms with Crippen LogP contribution in [0.5, 0.6) is 0 Å². The number of benzene rings is 1. The van der Waals surface area contributed by atoms with E-state index in [0.717, 1.165) is 12.7 Å². The van der Waals surface area contributed by atoms with Gasteiger partial charge in [0.15, 0.2) is 0 Å². The fourth-order valence-corrected chi connectivity index (χ4v) is 1.64. The Labute approximate surface area is 106 Å². The molecule has 0 heterocycles. The van der Waals surface area contributed by atoms with Gasteiger partial charge in [-0.25, -0.2) is 4.79 Å². The lowest BCUT2D eigenvalue weighted by Crippen LogP contribution is -2.20. The molecule has 1 unspecified atom stereocenters. The molecule has 1 aromatic carbocycles. The molecule has 0 aromatic heterocycles. The second-order valence-corrected chi connectivity index (χ2v) is 4.48. The van der Waals surface area contributed by atoms with Gasteiger partial charge in [-0.2, -0.15) is 0 Å². The van der Waals surface area contributed by atoms with Crippen LogP contribution in [0.2, 0.25) is 0 Å². The average Bonchev–Trinajstić information content (AvgIpc) is 2.36. The number of rotatable bonds is 4. The Bertz CT molecular complexity index is 409. The van der Waals surface area contributed by atoms with Crippen LogP contribution in [-0.2, 0) is 14.3 Å². The zero-order chi connectivity index (χ0) is 13.0. The molecule has 92 valence electrons. The monoisotopic (exact) mass is 254 g/mol. The Morgan fingerprint density at radius 3 is 2.00 bits per heavy atom. The minimum atomic E-state index is -0.983. The summed E-state index contributed by atoms with van der Waals surface area (Å²) in [6.07, 6.45) is 0. The molecule has 1 atom stereocenters. The Morgan fingerprint density at radius 1 is 1.12 bits per heavy atom. The lowest BCUT2D eigenvalue weighted by atomic mass is 10.00. The van der Waals surface area contributed by atoms with E-state index in [1.165, 1.54) is 0 Å². The van der Waals surface area contributed by atoms with E-state index in [4.69, 9.17) is 11.6 Å². The highest BCUT2D eigenvalue weighted by atomic mass is 35.5. The van der Waals surface area contributed by atoms with Crippen molar-refractivity contribution in [2.45, 2.75) is 25.1 Å². The predicted octanol–water partition coefficient (Wildman–Crippen LogP) is 2.83. The molecule has 0 spiro atoms. The molecule has 0 radical (unpaired) electrons. The predicted molar refractivity (Wildman–Crippen MR) is 66.1 cm³/mol. The van der Waals surface area contributed by atoms with Crippen molar-refractivity contribution in [1.82, 2.24) is 0 Å². The van der Waals surface area contributed by atoms with Crippen LogP contribution in [0.3, 0.4) is 0 Å². The number of ether oxygens (including phenoxy) is 1. The van der Waals surface area contributed by atoms with Gasteiger partial charge < -0.3 is 4.74 Å². The number of ketones is 1. The van der Waals surface area contributed by atoms with Gasteiger partial charge in [-0.3, -0.25) is 4.79 Å². The van der Waals surface area contributed by atoms with Gasteiger partial charge in [0, 0.05) is 0 Å². The summed E-state index contributed by atoms with van der Waals surface area (Å²) in [5, 5.41) is -0.983. The summed E-state index contributed by atoms with van der Waals surface area (Å²) < 4.78 is 4.34. The molecule has 0 saturated heterocycles. The van der Waals surface area contributed by atoms with Crippen LogP contribution in [0.1, 0.15) is 36.3 Å². The number of hydrogen-bond acceptors (Lipinski definition) is 3. The Hall–Kier alpha value is -1.35. The molecule has 0 saturated carbocycles. The van der Waals surface area contributed by atoms with Gasteiger partial charge >= 0.3 is 5.97 Å². The molecule has 3 nitrogen and oxygen atoms in total. The van der Waals surface area contributed by atoms with Crippen molar-refractivity contribution in [3.8, 4) is 0 Å². The molecule has 0 aliphatic rings. The van der Waals surface area contributed by atoms with Crippen molar-refractivity contribution < 1.29 is 14.3 Å². The molecule has 0 N–H and O–H groups in total. The smallest absolute Gasteiger partial charge is 0.376 e. The third kappa shape index (κ3) is 3.30. The number of alkyl halides is 1. The van der Waals surface area contributed by atoms with E-state index in [2.05, 4.69) is 18.6 Å². The Balaban J connectivity index is 2.86. The summed E-state index contributed by atoms with van der Waals surface area (Å²) in [4.78, 5) is 22.5. The van der Waals surface area contributed by atoms with Crippen LogP contribution in [0, 0.1) is 0 Å². The average molecular weight is 255 g/mol. The number of carbonyl (C=O) groups excluding carboxylic acids is 2. The topological polar surface area (TPSA) is 43.4 Å². The molecule has 0 aliphatic heterocycles. The van der Waals surface area contributed by atoms with E-state index in [0.29, 0.717) is 11.5 Å². The molecular weight excluding hydrogens is 240 g/mol. The highest BCUT2D eigenvalue weighted by molar-refractivity contribution is 6.47.